The van der Waals surface area contributed by atoms with Crippen molar-refractivity contribution in [2.75, 3.05) is 6.54 Å². The van der Waals surface area contributed by atoms with E-state index in [1.165, 1.54) is 22.3 Å². The lowest BCUT2D eigenvalue weighted by atomic mass is 9.92. The van der Waals surface area contributed by atoms with Gasteiger partial charge in [-0.25, -0.2) is 0 Å². The Hall–Kier alpha value is -1.61. The average Bonchev–Trinajstić information content (AvgIpc) is 2.86. The normalized spacial score (nSPS) is 12.6. The summed E-state index contributed by atoms with van der Waals surface area (Å²) in [5.41, 5.74) is 5.44. The maximum absolute atomic E-state index is 4.38. The third-order valence-corrected chi connectivity index (χ3v) is 3.79. The lowest BCUT2D eigenvalue weighted by Crippen LogP contribution is -2.24. The molecule has 1 atom stereocenters. The van der Waals surface area contributed by atoms with Gasteiger partial charge in [0.15, 0.2) is 0 Å². The highest BCUT2D eigenvalue weighted by atomic mass is 15.3. The molecule has 3 heteroatoms. The second kappa shape index (κ2) is 6.71. The summed E-state index contributed by atoms with van der Waals surface area (Å²) in [7, 11) is 0. The van der Waals surface area contributed by atoms with E-state index in [-0.39, 0.29) is 0 Å². The molecule has 0 fully saturated rings. The first kappa shape index (κ1) is 14.8. The van der Waals surface area contributed by atoms with Crippen molar-refractivity contribution >= 4 is 0 Å². The zero-order chi connectivity index (χ0) is 14.5. The van der Waals surface area contributed by atoms with Crippen LogP contribution in [0.4, 0.5) is 0 Å². The molecule has 0 amide bonds. The van der Waals surface area contributed by atoms with Crippen LogP contribution in [-0.2, 0) is 13.0 Å². The van der Waals surface area contributed by atoms with Crippen LogP contribution in [0.2, 0.25) is 0 Å². The molecule has 0 aliphatic carbocycles. The number of likely N-dealkylation sites (N-methyl/N-ethyl adjacent to an activating group) is 1. The Kier molecular flexibility index (Phi) is 4.96. The van der Waals surface area contributed by atoms with Gasteiger partial charge < -0.3 is 5.32 Å². The molecule has 0 saturated heterocycles. The molecule has 20 heavy (non-hydrogen) atoms. The van der Waals surface area contributed by atoms with Gasteiger partial charge in [-0.1, -0.05) is 25.1 Å². The Labute approximate surface area is 122 Å². The van der Waals surface area contributed by atoms with Crippen molar-refractivity contribution < 1.29 is 0 Å². The van der Waals surface area contributed by atoms with E-state index in [0.717, 1.165) is 19.5 Å². The first-order chi connectivity index (χ1) is 9.65. The Bertz CT molecular complexity index is 537. The van der Waals surface area contributed by atoms with Crippen molar-refractivity contribution in [3.05, 3.63) is 52.8 Å². The average molecular weight is 271 g/mol. The van der Waals surface area contributed by atoms with E-state index in [2.05, 4.69) is 62.5 Å². The molecule has 1 aromatic heterocycles. The minimum absolute atomic E-state index is 0.357. The fourth-order valence-corrected chi connectivity index (χ4v) is 2.82. The zero-order valence-corrected chi connectivity index (χ0v) is 13.0. The molecule has 3 nitrogen and oxygen atoms in total. The van der Waals surface area contributed by atoms with E-state index in [1.54, 1.807) is 0 Å². The van der Waals surface area contributed by atoms with Crippen LogP contribution in [-0.4, -0.2) is 16.3 Å². The van der Waals surface area contributed by atoms with Crippen LogP contribution >= 0.6 is 0 Å². The van der Waals surface area contributed by atoms with Gasteiger partial charge in [0.1, 0.15) is 0 Å². The van der Waals surface area contributed by atoms with Gasteiger partial charge in [-0.2, -0.15) is 5.10 Å². The summed E-state index contributed by atoms with van der Waals surface area (Å²) in [6.07, 6.45) is 5.12. The van der Waals surface area contributed by atoms with Crippen LogP contribution in [0.15, 0.2) is 30.6 Å². The minimum atomic E-state index is 0.357. The second-order valence-corrected chi connectivity index (χ2v) is 5.32. The molecular formula is C17H25N3. The fourth-order valence-electron chi connectivity index (χ4n) is 2.82. The summed E-state index contributed by atoms with van der Waals surface area (Å²) in [5.74, 6) is 0. The number of hydrogen-bond acceptors (Lipinski definition) is 2. The lowest BCUT2D eigenvalue weighted by molar-refractivity contribution is 0.544. The topological polar surface area (TPSA) is 29.9 Å². The Morgan fingerprint density at radius 2 is 1.90 bits per heavy atom. The van der Waals surface area contributed by atoms with Gasteiger partial charge in [-0.15, -0.1) is 0 Å². The van der Waals surface area contributed by atoms with Gasteiger partial charge in [-0.05, 0) is 56.0 Å². The maximum atomic E-state index is 4.38. The number of aryl methyl sites for hydroxylation is 3. The molecule has 1 unspecified atom stereocenters. The maximum Gasteiger partial charge on any atom is 0.0522 e. The molecule has 2 rings (SSSR count). The van der Waals surface area contributed by atoms with Crippen molar-refractivity contribution in [2.45, 2.75) is 46.7 Å². The quantitative estimate of drug-likeness (QED) is 0.872. The highest BCUT2D eigenvalue weighted by Gasteiger charge is 2.16. The lowest BCUT2D eigenvalue weighted by Gasteiger charge is -2.22. The third-order valence-electron chi connectivity index (χ3n) is 3.79. The molecule has 0 bridgehead atoms. The van der Waals surface area contributed by atoms with E-state index < -0.39 is 0 Å². The molecule has 2 aromatic rings. The van der Waals surface area contributed by atoms with Crippen LogP contribution in [0.5, 0.6) is 0 Å². The van der Waals surface area contributed by atoms with Gasteiger partial charge in [0.2, 0.25) is 0 Å². The van der Waals surface area contributed by atoms with Crippen molar-refractivity contribution in [3.63, 3.8) is 0 Å². The van der Waals surface area contributed by atoms with Crippen molar-refractivity contribution in [1.29, 1.82) is 0 Å². The van der Waals surface area contributed by atoms with Crippen molar-refractivity contribution in [1.82, 2.24) is 15.1 Å². The summed E-state index contributed by atoms with van der Waals surface area (Å²) in [5, 5.41) is 7.99. The molecule has 0 aliphatic heterocycles. The van der Waals surface area contributed by atoms with Gasteiger partial charge >= 0.3 is 0 Å². The summed E-state index contributed by atoms with van der Waals surface area (Å²) < 4.78 is 1.99. The number of rotatable bonds is 6. The highest BCUT2D eigenvalue weighted by Crippen LogP contribution is 2.25. The molecule has 1 N–H and O–H groups in total. The van der Waals surface area contributed by atoms with Crippen molar-refractivity contribution in [2.24, 2.45) is 0 Å². The minimum Gasteiger partial charge on any atom is -0.310 e. The predicted octanol–water partition coefficient (Wildman–Crippen LogP) is 3.41. The molecule has 0 spiro atoms. The largest absolute Gasteiger partial charge is 0.310 e. The van der Waals surface area contributed by atoms with Crippen molar-refractivity contribution in [3.8, 4) is 0 Å². The number of benzene rings is 1. The number of nitrogens with zero attached hydrogens (tertiary/aromatic N) is 2. The van der Waals surface area contributed by atoms with Gasteiger partial charge in [0, 0.05) is 18.8 Å². The number of nitrogens with one attached hydrogen (secondary N) is 1. The molecule has 1 aromatic carbocycles. The SMILES string of the molecule is CCNC(Cc1cnn(CC)c1)c1c(C)cccc1C. The monoisotopic (exact) mass is 271 g/mol. The van der Waals surface area contributed by atoms with E-state index in [9.17, 15) is 0 Å². The molecule has 0 aliphatic rings. The molecule has 108 valence electrons. The predicted molar refractivity (Wildman–Crippen MR) is 83.9 cm³/mol. The molecule has 1 heterocycles. The Morgan fingerprint density at radius 3 is 2.45 bits per heavy atom. The Balaban J connectivity index is 2.26. The van der Waals surface area contributed by atoms with E-state index in [0.29, 0.717) is 6.04 Å². The van der Waals surface area contributed by atoms with Gasteiger partial charge in [0.05, 0.1) is 6.20 Å². The standard InChI is InChI=1S/C17H25N3/c1-5-18-16(10-15-11-19-20(6-2)12-15)17-13(3)8-7-9-14(17)4/h7-9,11-12,16,18H,5-6,10H2,1-4H3. The third kappa shape index (κ3) is 3.28. The van der Waals surface area contributed by atoms with Crippen LogP contribution in [0.25, 0.3) is 0 Å². The summed E-state index contributed by atoms with van der Waals surface area (Å²) in [6.45, 7) is 10.6. The first-order valence-electron chi connectivity index (χ1n) is 7.46. The van der Waals surface area contributed by atoms with Crippen LogP contribution in [0.1, 0.15) is 42.1 Å². The summed E-state index contributed by atoms with van der Waals surface area (Å²) in [6, 6.07) is 6.88. The summed E-state index contributed by atoms with van der Waals surface area (Å²) >= 11 is 0. The van der Waals surface area contributed by atoms with Gasteiger partial charge in [0.25, 0.3) is 0 Å². The van der Waals surface area contributed by atoms with E-state index in [1.807, 2.05) is 10.9 Å². The second-order valence-electron chi connectivity index (χ2n) is 5.32. The Morgan fingerprint density at radius 1 is 1.20 bits per heavy atom. The van der Waals surface area contributed by atoms with Crippen LogP contribution < -0.4 is 5.32 Å². The van der Waals surface area contributed by atoms with Crippen LogP contribution in [0, 0.1) is 13.8 Å². The zero-order valence-electron chi connectivity index (χ0n) is 13.0. The van der Waals surface area contributed by atoms with E-state index in [4.69, 9.17) is 0 Å². The first-order valence-corrected chi connectivity index (χ1v) is 7.46. The molecular weight excluding hydrogens is 246 g/mol. The highest BCUT2D eigenvalue weighted by molar-refractivity contribution is 5.37. The number of aromatic nitrogens is 2. The number of hydrogen-bond donors (Lipinski definition) is 1. The van der Waals surface area contributed by atoms with Gasteiger partial charge in [-0.3, -0.25) is 4.68 Å². The summed E-state index contributed by atoms with van der Waals surface area (Å²) in [4.78, 5) is 0. The fraction of sp³-hybridized carbons (Fsp3) is 0.471. The molecule has 0 saturated carbocycles. The molecule has 0 radical (unpaired) electrons. The van der Waals surface area contributed by atoms with Crippen LogP contribution in [0.3, 0.4) is 0 Å². The van der Waals surface area contributed by atoms with E-state index >= 15 is 0 Å². The smallest absolute Gasteiger partial charge is 0.0522 e.